The van der Waals surface area contributed by atoms with Crippen molar-refractivity contribution in [3.63, 3.8) is 0 Å². The van der Waals surface area contributed by atoms with Crippen LogP contribution in [0.5, 0.6) is 0 Å². The zero-order valence-electron chi connectivity index (χ0n) is 8.35. The quantitative estimate of drug-likeness (QED) is 0.650. The molecule has 0 amide bonds. The van der Waals surface area contributed by atoms with Gasteiger partial charge in [0.25, 0.3) is 0 Å². The second-order valence-corrected chi connectivity index (χ2v) is 6.56. The SMILES string of the molecule is NC1CS(=O)(=O)CC1N1CCCCC1. The summed E-state index contributed by atoms with van der Waals surface area (Å²) in [6, 6.07) is -0.0848. The minimum atomic E-state index is -2.86. The zero-order chi connectivity index (χ0) is 10.2. The molecule has 0 aromatic carbocycles. The molecule has 0 saturated carbocycles. The van der Waals surface area contributed by atoms with Crippen LogP contribution in [-0.2, 0) is 9.84 Å². The van der Waals surface area contributed by atoms with Gasteiger partial charge in [0.15, 0.2) is 9.84 Å². The van der Waals surface area contributed by atoms with Crippen LogP contribution in [0, 0.1) is 0 Å². The maximum absolute atomic E-state index is 11.4. The summed E-state index contributed by atoms with van der Waals surface area (Å²) >= 11 is 0. The molecular formula is C9H18N2O2S. The van der Waals surface area contributed by atoms with Gasteiger partial charge in [-0.1, -0.05) is 6.42 Å². The minimum Gasteiger partial charge on any atom is -0.325 e. The molecule has 2 fully saturated rings. The van der Waals surface area contributed by atoms with E-state index in [0.29, 0.717) is 0 Å². The van der Waals surface area contributed by atoms with E-state index in [1.54, 1.807) is 0 Å². The first kappa shape index (κ1) is 10.4. The summed E-state index contributed by atoms with van der Waals surface area (Å²) in [4.78, 5) is 2.26. The number of nitrogens with two attached hydrogens (primary N) is 1. The molecule has 2 rings (SSSR count). The lowest BCUT2D eigenvalue weighted by atomic mass is 10.1. The van der Waals surface area contributed by atoms with E-state index in [1.165, 1.54) is 19.3 Å². The Balaban J connectivity index is 2.04. The molecule has 4 nitrogen and oxygen atoms in total. The number of likely N-dealkylation sites (tertiary alicyclic amines) is 1. The van der Waals surface area contributed by atoms with E-state index in [1.807, 2.05) is 0 Å². The molecule has 2 saturated heterocycles. The fraction of sp³-hybridized carbons (Fsp3) is 1.00. The highest BCUT2D eigenvalue weighted by Crippen LogP contribution is 2.20. The first-order valence-corrected chi connectivity index (χ1v) is 7.11. The van der Waals surface area contributed by atoms with E-state index in [2.05, 4.69) is 4.90 Å². The third kappa shape index (κ3) is 2.10. The highest BCUT2D eigenvalue weighted by Gasteiger charge is 2.38. The zero-order valence-corrected chi connectivity index (χ0v) is 9.17. The Kier molecular flexibility index (Phi) is 2.81. The molecule has 0 radical (unpaired) electrons. The molecule has 2 atom stereocenters. The van der Waals surface area contributed by atoms with Gasteiger partial charge >= 0.3 is 0 Å². The lowest BCUT2D eigenvalue weighted by Crippen LogP contribution is -2.48. The summed E-state index contributed by atoms with van der Waals surface area (Å²) in [7, 11) is -2.86. The monoisotopic (exact) mass is 218 g/mol. The highest BCUT2D eigenvalue weighted by molar-refractivity contribution is 7.91. The molecule has 2 heterocycles. The third-order valence-electron chi connectivity index (χ3n) is 3.22. The van der Waals surface area contributed by atoms with Crippen molar-refractivity contribution in [1.82, 2.24) is 4.90 Å². The molecule has 2 unspecified atom stereocenters. The Morgan fingerprint density at radius 2 is 1.71 bits per heavy atom. The van der Waals surface area contributed by atoms with Gasteiger partial charge in [-0.25, -0.2) is 8.42 Å². The molecule has 0 aliphatic carbocycles. The largest absolute Gasteiger partial charge is 0.325 e. The van der Waals surface area contributed by atoms with E-state index in [9.17, 15) is 8.42 Å². The van der Waals surface area contributed by atoms with E-state index in [4.69, 9.17) is 5.73 Å². The van der Waals surface area contributed by atoms with Crippen LogP contribution in [0.25, 0.3) is 0 Å². The Bertz CT molecular complexity index is 296. The predicted molar refractivity (Wildman–Crippen MR) is 55.8 cm³/mol. The van der Waals surface area contributed by atoms with Crippen LogP contribution in [0.3, 0.4) is 0 Å². The molecule has 5 heteroatoms. The van der Waals surface area contributed by atoms with Gasteiger partial charge in [0.1, 0.15) is 0 Å². The van der Waals surface area contributed by atoms with Gasteiger partial charge in [0.2, 0.25) is 0 Å². The topological polar surface area (TPSA) is 63.4 Å². The normalized spacial score (nSPS) is 38.6. The fourth-order valence-electron chi connectivity index (χ4n) is 2.48. The van der Waals surface area contributed by atoms with Crippen molar-refractivity contribution in [3.8, 4) is 0 Å². The second-order valence-electron chi connectivity index (χ2n) is 4.40. The first-order valence-electron chi connectivity index (χ1n) is 5.28. The van der Waals surface area contributed by atoms with Gasteiger partial charge in [-0.15, -0.1) is 0 Å². The van der Waals surface area contributed by atoms with Gasteiger partial charge < -0.3 is 5.73 Å². The molecule has 0 spiro atoms. The van der Waals surface area contributed by atoms with Gasteiger partial charge in [0, 0.05) is 12.1 Å². The second kappa shape index (κ2) is 3.79. The Labute approximate surface area is 85.4 Å². The number of nitrogens with zero attached hydrogens (tertiary/aromatic N) is 1. The number of sulfone groups is 1. The molecule has 2 aliphatic heterocycles. The van der Waals surface area contributed by atoms with Crippen molar-refractivity contribution in [1.29, 1.82) is 0 Å². The van der Waals surface area contributed by atoms with Crippen LogP contribution < -0.4 is 5.73 Å². The van der Waals surface area contributed by atoms with Crippen LogP contribution in [0.4, 0.5) is 0 Å². The molecule has 0 bridgehead atoms. The summed E-state index contributed by atoms with van der Waals surface area (Å²) in [6.07, 6.45) is 3.64. The van der Waals surface area contributed by atoms with E-state index in [0.717, 1.165) is 13.1 Å². The molecule has 0 aromatic rings. The maximum Gasteiger partial charge on any atom is 0.153 e. The van der Waals surface area contributed by atoms with E-state index < -0.39 is 9.84 Å². The van der Waals surface area contributed by atoms with Gasteiger partial charge in [-0.3, -0.25) is 4.90 Å². The van der Waals surface area contributed by atoms with E-state index >= 15 is 0 Å². The summed E-state index contributed by atoms with van der Waals surface area (Å²) in [5.41, 5.74) is 5.86. The van der Waals surface area contributed by atoms with Gasteiger partial charge in [0.05, 0.1) is 11.5 Å². The van der Waals surface area contributed by atoms with Crippen LogP contribution in [0.15, 0.2) is 0 Å². The first-order chi connectivity index (χ1) is 6.58. The predicted octanol–water partition coefficient (Wildman–Crippen LogP) is -0.403. The Hall–Kier alpha value is -0.130. The van der Waals surface area contributed by atoms with Crippen LogP contribution >= 0.6 is 0 Å². The maximum atomic E-state index is 11.4. The molecule has 2 aliphatic rings. The number of hydrogen-bond acceptors (Lipinski definition) is 4. The van der Waals surface area contributed by atoms with Crippen molar-refractivity contribution in [3.05, 3.63) is 0 Å². The summed E-state index contributed by atoms with van der Waals surface area (Å²) in [6.45, 7) is 2.04. The standard InChI is InChI=1S/C9H18N2O2S/c10-8-6-14(12,13)7-9(8)11-4-2-1-3-5-11/h8-9H,1-7,10H2. The van der Waals surface area contributed by atoms with Crippen LogP contribution in [-0.4, -0.2) is 50.0 Å². The van der Waals surface area contributed by atoms with Gasteiger partial charge in [-0.2, -0.15) is 0 Å². The molecule has 14 heavy (non-hydrogen) atoms. The fourth-order valence-corrected chi connectivity index (χ4v) is 4.41. The van der Waals surface area contributed by atoms with Crippen LogP contribution in [0.1, 0.15) is 19.3 Å². The van der Waals surface area contributed by atoms with Crippen molar-refractivity contribution in [2.75, 3.05) is 24.6 Å². The highest BCUT2D eigenvalue weighted by atomic mass is 32.2. The van der Waals surface area contributed by atoms with Crippen molar-refractivity contribution < 1.29 is 8.42 Å². The third-order valence-corrected chi connectivity index (χ3v) is 4.97. The molecule has 2 N–H and O–H groups in total. The van der Waals surface area contributed by atoms with E-state index in [-0.39, 0.29) is 23.6 Å². The van der Waals surface area contributed by atoms with Crippen LogP contribution in [0.2, 0.25) is 0 Å². The van der Waals surface area contributed by atoms with Crippen molar-refractivity contribution in [2.45, 2.75) is 31.3 Å². The van der Waals surface area contributed by atoms with Gasteiger partial charge in [-0.05, 0) is 25.9 Å². The number of hydrogen-bond donors (Lipinski definition) is 1. The summed E-state index contributed by atoms with van der Waals surface area (Å²) in [5.74, 6) is 0.447. The number of piperidine rings is 1. The molecule has 0 aromatic heterocycles. The summed E-state index contributed by atoms with van der Waals surface area (Å²) in [5, 5.41) is 0. The Morgan fingerprint density at radius 3 is 2.21 bits per heavy atom. The average Bonchev–Trinajstić information content (AvgIpc) is 2.41. The van der Waals surface area contributed by atoms with Crippen molar-refractivity contribution >= 4 is 9.84 Å². The molecule has 82 valence electrons. The summed E-state index contributed by atoms with van der Waals surface area (Å²) < 4.78 is 22.8. The Morgan fingerprint density at radius 1 is 1.07 bits per heavy atom. The smallest absolute Gasteiger partial charge is 0.153 e. The lowest BCUT2D eigenvalue weighted by molar-refractivity contribution is 0.166. The number of rotatable bonds is 1. The minimum absolute atomic E-state index is 0.0836. The average molecular weight is 218 g/mol. The van der Waals surface area contributed by atoms with Crippen molar-refractivity contribution in [2.24, 2.45) is 5.73 Å². The lowest BCUT2D eigenvalue weighted by Gasteiger charge is -2.33. The molecular weight excluding hydrogens is 200 g/mol.